The highest BCUT2D eigenvalue weighted by Gasteiger charge is 2.18. The molecule has 2 aromatic rings. The van der Waals surface area contributed by atoms with Crippen LogP contribution in [-0.2, 0) is 4.74 Å². The van der Waals surface area contributed by atoms with Crippen LogP contribution in [0.15, 0.2) is 30.5 Å². The van der Waals surface area contributed by atoms with Gasteiger partial charge in [0.15, 0.2) is 5.82 Å². The van der Waals surface area contributed by atoms with Crippen LogP contribution in [0.4, 0.5) is 10.2 Å². The standard InChI is InChI=1S/C16H20FN3O2/c1-3-5-9-18-15-14(16(21)22-4-2)11-20(19-15)13-8-6-7-12(17)10-13/h6-8,10-11H,3-5,9H2,1-2H3,(H,18,19). The lowest BCUT2D eigenvalue weighted by Crippen LogP contribution is -2.09. The Balaban J connectivity index is 2.31. The molecule has 2 rings (SSSR count). The molecule has 0 atom stereocenters. The van der Waals surface area contributed by atoms with Gasteiger partial charge in [-0.05, 0) is 31.5 Å². The number of halogens is 1. The fourth-order valence-electron chi connectivity index (χ4n) is 2.00. The number of hydrogen-bond donors (Lipinski definition) is 1. The summed E-state index contributed by atoms with van der Waals surface area (Å²) in [5.41, 5.74) is 0.899. The lowest BCUT2D eigenvalue weighted by Gasteiger charge is -2.04. The zero-order chi connectivity index (χ0) is 15.9. The predicted octanol–water partition coefficient (Wildman–Crippen LogP) is 3.40. The molecule has 1 aromatic heterocycles. The van der Waals surface area contributed by atoms with Crippen molar-refractivity contribution in [2.45, 2.75) is 26.7 Å². The highest BCUT2D eigenvalue weighted by atomic mass is 19.1. The van der Waals surface area contributed by atoms with Crippen molar-refractivity contribution in [3.63, 3.8) is 0 Å². The number of anilines is 1. The number of rotatable bonds is 7. The normalized spacial score (nSPS) is 10.5. The van der Waals surface area contributed by atoms with E-state index in [-0.39, 0.29) is 5.82 Å². The second-order valence-electron chi connectivity index (χ2n) is 4.82. The Morgan fingerprint density at radius 3 is 2.91 bits per heavy atom. The SMILES string of the molecule is CCCCNc1nn(-c2cccc(F)c2)cc1C(=O)OCC. The first kappa shape index (κ1) is 16.0. The van der Waals surface area contributed by atoms with Crippen molar-refractivity contribution in [1.82, 2.24) is 9.78 Å². The van der Waals surface area contributed by atoms with Crippen molar-refractivity contribution in [2.24, 2.45) is 0 Å². The number of carbonyl (C=O) groups is 1. The summed E-state index contributed by atoms with van der Waals surface area (Å²) in [5, 5.41) is 7.47. The summed E-state index contributed by atoms with van der Waals surface area (Å²) >= 11 is 0. The van der Waals surface area contributed by atoms with E-state index < -0.39 is 5.97 Å². The molecule has 1 aromatic carbocycles. The number of nitrogens with zero attached hydrogens (tertiary/aromatic N) is 2. The van der Waals surface area contributed by atoms with Crippen LogP contribution in [0, 0.1) is 5.82 Å². The third-order valence-electron chi connectivity index (χ3n) is 3.11. The van der Waals surface area contributed by atoms with Crippen molar-refractivity contribution in [3.05, 3.63) is 41.8 Å². The van der Waals surface area contributed by atoms with E-state index in [0.717, 1.165) is 12.8 Å². The van der Waals surface area contributed by atoms with Crippen molar-refractivity contribution in [1.29, 1.82) is 0 Å². The first-order chi connectivity index (χ1) is 10.7. The second-order valence-corrected chi connectivity index (χ2v) is 4.82. The molecule has 0 amide bonds. The van der Waals surface area contributed by atoms with Crippen LogP contribution in [0.5, 0.6) is 0 Å². The summed E-state index contributed by atoms with van der Waals surface area (Å²) in [5.74, 6) is -0.341. The Morgan fingerprint density at radius 1 is 1.41 bits per heavy atom. The van der Waals surface area contributed by atoms with E-state index in [1.807, 2.05) is 0 Å². The molecule has 0 aliphatic rings. The zero-order valence-electron chi connectivity index (χ0n) is 12.8. The minimum atomic E-state index is -0.441. The van der Waals surface area contributed by atoms with Gasteiger partial charge in [-0.25, -0.2) is 13.9 Å². The molecule has 0 fully saturated rings. The van der Waals surface area contributed by atoms with Gasteiger partial charge in [-0.2, -0.15) is 0 Å². The Morgan fingerprint density at radius 2 is 2.23 bits per heavy atom. The molecule has 0 saturated carbocycles. The van der Waals surface area contributed by atoms with Gasteiger partial charge < -0.3 is 10.1 Å². The number of aromatic nitrogens is 2. The number of benzene rings is 1. The molecule has 22 heavy (non-hydrogen) atoms. The average Bonchev–Trinajstić information content (AvgIpc) is 2.92. The van der Waals surface area contributed by atoms with E-state index in [1.165, 1.54) is 16.8 Å². The summed E-state index contributed by atoms with van der Waals surface area (Å²) in [6.07, 6.45) is 3.56. The molecule has 6 heteroatoms. The van der Waals surface area contributed by atoms with Crippen LogP contribution in [0.25, 0.3) is 5.69 Å². The lowest BCUT2D eigenvalue weighted by molar-refractivity contribution is 0.0527. The van der Waals surface area contributed by atoms with Crippen molar-refractivity contribution < 1.29 is 13.9 Å². The molecule has 0 spiro atoms. The van der Waals surface area contributed by atoms with E-state index in [1.54, 1.807) is 25.3 Å². The maximum absolute atomic E-state index is 13.3. The summed E-state index contributed by atoms with van der Waals surface area (Å²) in [6, 6.07) is 6.04. The average molecular weight is 305 g/mol. The fraction of sp³-hybridized carbons (Fsp3) is 0.375. The number of esters is 1. The molecule has 118 valence electrons. The first-order valence-electron chi connectivity index (χ1n) is 7.42. The van der Waals surface area contributed by atoms with Crippen LogP contribution in [-0.4, -0.2) is 28.9 Å². The predicted molar refractivity (Wildman–Crippen MR) is 82.9 cm³/mol. The van der Waals surface area contributed by atoms with Crippen molar-refractivity contribution in [3.8, 4) is 5.69 Å². The van der Waals surface area contributed by atoms with E-state index in [2.05, 4.69) is 17.3 Å². The van der Waals surface area contributed by atoms with Gasteiger partial charge in [0.25, 0.3) is 0 Å². The van der Waals surface area contributed by atoms with Crippen LogP contribution >= 0.6 is 0 Å². The minimum Gasteiger partial charge on any atom is -0.462 e. The monoisotopic (exact) mass is 305 g/mol. The number of hydrogen-bond acceptors (Lipinski definition) is 4. The van der Waals surface area contributed by atoms with E-state index in [4.69, 9.17) is 4.74 Å². The largest absolute Gasteiger partial charge is 0.462 e. The first-order valence-corrected chi connectivity index (χ1v) is 7.42. The molecule has 0 radical (unpaired) electrons. The Hall–Kier alpha value is -2.37. The lowest BCUT2D eigenvalue weighted by atomic mass is 10.3. The van der Waals surface area contributed by atoms with Crippen LogP contribution in [0.1, 0.15) is 37.0 Å². The van der Waals surface area contributed by atoms with Crippen LogP contribution in [0.3, 0.4) is 0 Å². The Kier molecular flexibility index (Phi) is 5.52. The van der Waals surface area contributed by atoms with Crippen molar-refractivity contribution >= 4 is 11.8 Å². The topological polar surface area (TPSA) is 56.2 Å². The number of nitrogens with one attached hydrogen (secondary N) is 1. The summed E-state index contributed by atoms with van der Waals surface area (Å²) in [6.45, 7) is 4.83. The quantitative estimate of drug-likeness (QED) is 0.629. The number of ether oxygens (including phenoxy) is 1. The molecule has 0 aliphatic heterocycles. The van der Waals surface area contributed by atoms with Gasteiger partial charge in [0, 0.05) is 12.7 Å². The van der Waals surface area contributed by atoms with E-state index in [9.17, 15) is 9.18 Å². The highest BCUT2D eigenvalue weighted by molar-refractivity contribution is 5.94. The van der Waals surface area contributed by atoms with Gasteiger partial charge >= 0.3 is 5.97 Å². The summed E-state index contributed by atoms with van der Waals surface area (Å²) < 4.78 is 19.9. The van der Waals surface area contributed by atoms with Crippen LogP contribution in [0.2, 0.25) is 0 Å². The molecule has 0 aliphatic carbocycles. The third-order valence-corrected chi connectivity index (χ3v) is 3.11. The maximum atomic E-state index is 13.3. The molecule has 0 unspecified atom stereocenters. The summed E-state index contributed by atoms with van der Waals surface area (Å²) in [7, 11) is 0. The molecule has 0 bridgehead atoms. The minimum absolute atomic E-state index is 0.290. The Bertz CT molecular complexity index is 640. The molecule has 1 N–H and O–H groups in total. The zero-order valence-corrected chi connectivity index (χ0v) is 12.8. The number of carbonyl (C=O) groups excluding carboxylic acids is 1. The molecular formula is C16H20FN3O2. The fourth-order valence-corrected chi connectivity index (χ4v) is 2.00. The Labute approximate surface area is 129 Å². The van der Waals surface area contributed by atoms with Gasteiger partial charge in [0.2, 0.25) is 0 Å². The molecule has 0 saturated heterocycles. The molecule has 5 nitrogen and oxygen atoms in total. The van der Waals surface area contributed by atoms with Gasteiger partial charge in [0.05, 0.1) is 12.3 Å². The smallest absolute Gasteiger partial charge is 0.343 e. The van der Waals surface area contributed by atoms with Crippen molar-refractivity contribution in [2.75, 3.05) is 18.5 Å². The van der Waals surface area contributed by atoms with Gasteiger partial charge in [-0.1, -0.05) is 19.4 Å². The van der Waals surface area contributed by atoms with Gasteiger partial charge in [-0.15, -0.1) is 5.10 Å². The maximum Gasteiger partial charge on any atom is 0.343 e. The molecule has 1 heterocycles. The highest BCUT2D eigenvalue weighted by Crippen LogP contribution is 2.18. The third kappa shape index (κ3) is 3.84. The summed E-state index contributed by atoms with van der Waals surface area (Å²) in [4.78, 5) is 12.0. The van der Waals surface area contributed by atoms with Gasteiger partial charge in [-0.3, -0.25) is 0 Å². The second kappa shape index (κ2) is 7.59. The van der Waals surface area contributed by atoms with E-state index >= 15 is 0 Å². The van der Waals surface area contributed by atoms with E-state index in [0.29, 0.717) is 30.2 Å². The molecular weight excluding hydrogens is 285 g/mol. The van der Waals surface area contributed by atoms with Crippen LogP contribution < -0.4 is 5.32 Å². The van der Waals surface area contributed by atoms with Gasteiger partial charge in [0.1, 0.15) is 11.4 Å². The number of unbranched alkanes of at least 4 members (excludes halogenated alkanes) is 1.